The second-order valence-corrected chi connectivity index (χ2v) is 8.38. The Kier molecular flexibility index (Phi) is 6.99. The van der Waals surface area contributed by atoms with E-state index in [1.165, 1.54) is 36.8 Å². The maximum atomic E-state index is 6.02. The van der Waals surface area contributed by atoms with Crippen molar-refractivity contribution in [2.75, 3.05) is 14.1 Å². The van der Waals surface area contributed by atoms with Crippen LogP contribution in [0.2, 0.25) is 10.0 Å². The van der Waals surface area contributed by atoms with Crippen molar-refractivity contribution >= 4 is 23.2 Å². The lowest BCUT2D eigenvalue weighted by atomic mass is 9.88. The minimum Gasteiger partial charge on any atom is -0.298 e. The van der Waals surface area contributed by atoms with E-state index < -0.39 is 0 Å². The number of hydrogen-bond acceptors (Lipinski definition) is 2. The lowest BCUT2D eigenvalue weighted by Crippen LogP contribution is -2.50. The minimum atomic E-state index is 0.580. The van der Waals surface area contributed by atoms with Crippen LogP contribution in [0.15, 0.2) is 48.5 Å². The van der Waals surface area contributed by atoms with Gasteiger partial charge in [-0.2, -0.15) is 0 Å². The van der Waals surface area contributed by atoms with E-state index in [-0.39, 0.29) is 0 Å². The molecular weight excluding hydrogens is 363 g/mol. The second-order valence-electron chi connectivity index (χ2n) is 7.50. The molecule has 0 saturated heterocycles. The molecular formula is C22H28Cl2N2. The van der Waals surface area contributed by atoms with Crippen LogP contribution in [0.3, 0.4) is 0 Å². The molecule has 2 nitrogen and oxygen atoms in total. The zero-order valence-corrected chi connectivity index (χ0v) is 17.2. The monoisotopic (exact) mass is 390 g/mol. The van der Waals surface area contributed by atoms with Gasteiger partial charge in [0.2, 0.25) is 0 Å². The highest BCUT2D eigenvalue weighted by atomic mass is 35.5. The molecule has 0 aliphatic heterocycles. The van der Waals surface area contributed by atoms with Gasteiger partial charge in [-0.05, 0) is 62.3 Å². The maximum absolute atomic E-state index is 6.02. The highest BCUT2D eigenvalue weighted by molar-refractivity contribution is 6.30. The van der Waals surface area contributed by atoms with Crippen molar-refractivity contribution in [2.45, 2.75) is 50.9 Å². The molecule has 0 unspecified atom stereocenters. The number of likely N-dealkylation sites (N-methyl/N-ethyl adjacent to an activating group) is 2. The fourth-order valence-corrected chi connectivity index (χ4v) is 4.36. The molecule has 0 heterocycles. The third-order valence-corrected chi connectivity index (χ3v) is 6.02. The average Bonchev–Trinajstić information content (AvgIpc) is 2.65. The Labute approximate surface area is 167 Å². The van der Waals surface area contributed by atoms with Crippen molar-refractivity contribution in [2.24, 2.45) is 0 Å². The third kappa shape index (κ3) is 5.23. The molecule has 0 bridgehead atoms. The molecule has 2 aromatic rings. The fraction of sp³-hybridized carbons (Fsp3) is 0.455. The van der Waals surface area contributed by atoms with Crippen LogP contribution in [0.4, 0.5) is 0 Å². The number of benzene rings is 2. The molecule has 2 atom stereocenters. The molecule has 1 saturated carbocycles. The Morgan fingerprint density at radius 2 is 1.04 bits per heavy atom. The van der Waals surface area contributed by atoms with Crippen molar-refractivity contribution in [1.82, 2.24) is 9.80 Å². The molecule has 0 radical (unpaired) electrons. The summed E-state index contributed by atoms with van der Waals surface area (Å²) < 4.78 is 0. The van der Waals surface area contributed by atoms with Gasteiger partial charge in [0.25, 0.3) is 0 Å². The third-order valence-electron chi connectivity index (χ3n) is 5.52. The summed E-state index contributed by atoms with van der Waals surface area (Å²) in [5.74, 6) is 0. The molecule has 1 aliphatic rings. The van der Waals surface area contributed by atoms with Gasteiger partial charge in [-0.25, -0.2) is 0 Å². The second kappa shape index (κ2) is 9.23. The first kappa shape index (κ1) is 19.7. The van der Waals surface area contributed by atoms with E-state index in [1.54, 1.807) is 0 Å². The van der Waals surface area contributed by atoms with Gasteiger partial charge >= 0.3 is 0 Å². The summed E-state index contributed by atoms with van der Waals surface area (Å²) in [6.07, 6.45) is 5.17. The van der Waals surface area contributed by atoms with Crippen LogP contribution in [0, 0.1) is 0 Å². The van der Waals surface area contributed by atoms with E-state index in [0.717, 1.165) is 23.1 Å². The van der Waals surface area contributed by atoms with Crippen LogP contribution in [0.1, 0.15) is 36.8 Å². The van der Waals surface area contributed by atoms with Crippen molar-refractivity contribution < 1.29 is 0 Å². The molecule has 0 N–H and O–H groups in total. The number of rotatable bonds is 6. The van der Waals surface area contributed by atoms with Crippen LogP contribution in [-0.2, 0) is 13.1 Å². The lowest BCUT2D eigenvalue weighted by molar-refractivity contribution is 0.0693. The fourth-order valence-electron chi connectivity index (χ4n) is 4.11. The SMILES string of the molecule is CN(Cc1ccc(Cl)cc1)[C@@H]1CCCC[C@H]1N(C)Cc1ccc(Cl)cc1. The molecule has 0 amide bonds. The zero-order valence-electron chi connectivity index (χ0n) is 15.7. The van der Waals surface area contributed by atoms with Crippen molar-refractivity contribution in [3.63, 3.8) is 0 Å². The normalized spacial score (nSPS) is 20.7. The van der Waals surface area contributed by atoms with Crippen LogP contribution in [-0.4, -0.2) is 36.0 Å². The van der Waals surface area contributed by atoms with E-state index in [4.69, 9.17) is 23.2 Å². The van der Waals surface area contributed by atoms with Gasteiger partial charge in [0.15, 0.2) is 0 Å². The first-order chi connectivity index (χ1) is 12.5. The molecule has 4 heteroatoms. The summed E-state index contributed by atoms with van der Waals surface area (Å²) in [5, 5.41) is 1.60. The Morgan fingerprint density at radius 3 is 1.38 bits per heavy atom. The maximum Gasteiger partial charge on any atom is 0.0406 e. The summed E-state index contributed by atoms with van der Waals surface area (Å²) in [5.41, 5.74) is 2.64. The lowest BCUT2D eigenvalue weighted by Gasteiger charge is -2.42. The molecule has 1 aliphatic carbocycles. The van der Waals surface area contributed by atoms with E-state index in [0.29, 0.717) is 12.1 Å². The molecule has 3 rings (SSSR count). The van der Waals surface area contributed by atoms with Gasteiger partial charge in [-0.15, -0.1) is 0 Å². The van der Waals surface area contributed by atoms with Gasteiger partial charge in [-0.3, -0.25) is 9.80 Å². The molecule has 1 fully saturated rings. The summed E-state index contributed by atoms with van der Waals surface area (Å²) in [6, 6.07) is 17.6. The molecule has 26 heavy (non-hydrogen) atoms. The number of halogens is 2. The van der Waals surface area contributed by atoms with Crippen molar-refractivity contribution in [3.8, 4) is 0 Å². The van der Waals surface area contributed by atoms with Crippen LogP contribution in [0.25, 0.3) is 0 Å². The Bertz CT molecular complexity index is 623. The van der Waals surface area contributed by atoms with Gasteiger partial charge in [0.05, 0.1) is 0 Å². The summed E-state index contributed by atoms with van der Waals surface area (Å²) >= 11 is 12.0. The van der Waals surface area contributed by atoms with Gasteiger partial charge in [-0.1, -0.05) is 60.3 Å². The van der Waals surface area contributed by atoms with E-state index in [2.05, 4.69) is 48.2 Å². The van der Waals surface area contributed by atoms with Gasteiger partial charge < -0.3 is 0 Å². The summed E-state index contributed by atoms with van der Waals surface area (Å²) in [7, 11) is 4.52. The van der Waals surface area contributed by atoms with Crippen LogP contribution < -0.4 is 0 Å². The van der Waals surface area contributed by atoms with E-state index in [9.17, 15) is 0 Å². The zero-order chi connectivity index (χ0) is 18.5. The molecule has 0 spiro atoms. The average molecular weight is 391 g/mol. The van der Waals surface area contributed by atoms with Crippen LogP contribution >= 0.6 is 23.2 Å². The van der Waals surface area contributed by atoms with Gasteiger partial charge in [0.1, 0.15) is 0 Å². The van der Waals surface area contributed by atoms with Crippen molar-refractivity contribution in [1.29, 1.82) is 0 Å². The van der Waals surface area contributed by atoms with Crippen molar-refractivity contribution in [3.05, 3.63) is 69.7 Å². The quantitative estimate of drug-likeness (QED) is 0.608. The predicted molar refractivity (Wildman–Crippen MR) is 112 cm³/mol. The van der Waals surface area contributed by atoms with Crippen LogP contribution in [0.5, 0.6) is 0 Å². The Morgan fingerprint density at radius 1 is 0.692 bits per heavy atom. The minimum absolute atomic E-state index is 0.580. The topological polar surface area (TPSA) is 6.48 Å². The standard InChI is InChI=1S/C22H28Cl2N2/c1-25(15-17-7-11-19(23)12-8-17)21-5-3-4-6-22(21)26(2)16-18-9-13-20(24)14-10-18/h7-14,21-22H,3-6,15-16H2,1-2H3/t21-,22-/m1/s1. The van der Waals surface area contributed by atoms with E-state index in [1.807, 2.05) is 24.3 Å². The molecule has 0 aromatic heterocycles. The summed E-state index contributed by atoms with van der Waals surface area (Å²) in [6.45, 7) is 1.93. The Hall–Kier alpha value is -1.06. The Balaban J connectivity index is 1.65. The largest absolute Gasteiger partial charge is 0.298 e. The first-order valence-electron chi connectivity index (χ1n) is 9.42. The number of hydrogen-bond donors (Lipinski definition) is 0. The summed E-state index contributed by atoms with van der Waals surface area (Å²) in [4.78, 5) is 5.04. The molecule has 2 aromatic carbocycles. The first-order valence-corrected chi connectivity index (χ1v) is 10.2. The highest BCUT2D eigenvalue weighted by Crippen LogP contribution is 2.28. The predicted octanol–water partition coefficient (Wildman–Crippen LogP) is 5.87. The molecule has 140 valence electrons. The van der Waals surface area contributed by atoms with E-state index >= 15 is 0 Å². The number of nitrogens with zero attached hydrogens (tertiary/aromatic N) is 2. The van der Waals surface area contributed by atoms with Gasteiger partial charge in [0, 0.05) is 35.2 Å². The smallest absolute Gasteiger partial charge is 0.0406 e. The highest BCUT2D eigenvalue weighted by Gasteiger charge is 2.31.